The lowest BCUT2D eigenvalue weighted by Gasteiger charge is -2.28. The molecule has 2 aliphatic carbocycles. The number of anilines is 1. The number of sulfonamides is 1. The van der Waals surface area contributed by atoms with Gasteiger partial charge in [0, 0.05) is 29.6 Å². The highest BCUT2D eigenvalue weighted by Crippen LogP contribution is 2.29. The van der Waals surface area contributed by atoms with Gasteiger partial charge in [-0.2, -0.15) is 0 Å². The molecule has 0 radical (unpaired) electrons. The van der Waals surface area contributed by atoms with Crippen molar-refractivity contribution in [3.63, 3.8) is 0 Å². The van der Waals surface area contributed by atoms with Crippen molar-refractivity contribution in [1.29, 1.82) is 0 Å². The molecule has 0 unspecified atom stereocenters. The van der Waals surface area contributed by atoms with Gasteiger partial charge < -0.3 is 16.4 Å². The number of nitrogens with zero attached hydrogens (tertiary/aromatic N) is 3. The number of rotatable bonds is 12. The van der Waals surface area contributed by atoms with Crippen LogP contribution in [0.3, 0.4) is 0 Å². The summed E-state index contributed by atoms with van der Waals surface area (Å²) in [5.74, 6) is 0.283. The molecule has 1 atom stereocenters. The van der Waals surface area contributed by atoms with E-state index in [1.165, 1.54) is 0 Å². The van der Waals surface area contributed by atoms with Gasteiger partial charge in [0.25, 0.3) is 0 Å². The van der Waals surface area contributed by atoms with E-state index in [-0.39, 0.29) is 47.5 Å². The van der Waals surface area contributed by atoms with Crippen molar-refractivity contribution in [3.05, 3.63) is 78.4 Å². The number of aromatic amines is 1. The number of nitrogens with two attached hydrogens (primary N) is 1. The number of H-pyrrole nitrogens is 1. The van der Waals surface area contributed by atoms with Crippen LogP contribution in [0.25, 0.3) is 22.5 Å². The zero-order chi connectivity index (χ0) is 32.1. The normalized spacial score (nSPS) is 18.5. The maximum atomic E-state index is 13.7. The fourth-order valence-electron chi connectivity index (χ4n) is 5.83. The zero-order valence-electron chi connectivity index (χ0n) is 25.8. The summed E-state index contributed by atoms with van der Waals surface area (Å²) < 4.78 is 28.4. The largest absolute Gasteiger partial charge is 0.344 e. The highest BCUT2D eigenvalue weighted by molar-refractivity contribution is 7.89. The fraction of sp³-hybridized carbons (Fsp3) is 0.364. The second-order valence-corrected chi connectivity index (χ2v) is 13.9. The maximum Gasteiger partial charge on any atom is 0.247 e. The molecule has 2 aliphatic rings. The molecule has 0 spiro atoms. The van der Waals surface area contributed by atoms with Crippen molar-refractivity contribution in [1.82, 2.24) is 30.7 Å². The third-order valence-electron chi connectivity index (χ3n) is 8.70. The monoisotopic (exact) mass is 678 g/mol. The van der Waals surface area contributed by atoms with Gasteiger partial charge in [-0.05, 0) is 115 Å². The van der Waals surface area contributed by atoms with Gasteiger partial charge in [-0.1, -0.05) is 36.4 Å². The number of carbonyl (C=O) groups excluding carboxylic acids is 2. The topological polar surface area (TPSA) is 185 Å². The molecular weight excluding hydrogens is 640 g/mol. The molecule has 248 valence electrons. The van der Waals surface area contributed by atoms with Gasteiger partial charge in [0.05, 0.1) is 4.90 Å². The molecule has 1 aromatic heterocycles. The van der Waals surface area contributed by atoms with E-state index in [0.717, 1.165) is 60.8 Å². The minimum Gasteiger partial charge on any atom is -0.344 e. The summed E-state index contributed by atoms with van der Waals surface area (Å²) in [5.41, 5.74) is 9.55. The lowest BCUT2D eigenvalue weighted by molar-refractivity contribution is -0.130. The van der Waals surface area contributed by atoms with E-state index in [9.17, 15) is 18.0 Å². The number of halogens is 1. The Balaban J connectivity index is 0.00000433. The van der Waals surface area contributed by atoms with Crippen molar-refractivity contribution < 1.29 is 18.0 Å². The Bertz CT molecular complexity index is 1770. The molecule has 1 heterocycles. The van der Waals surface area contributed by atoms with Gasteiger partial charge in [-0.15, -0.1) is 17.5 Å². The first-order chi connectivity index (χ1) is 22.3. The van der Waals surface area contributed by atoms with E-state index in [4.69, 9.17) is 5.73 Å². The second kappa shape index (κ2) is 15.2. The van der Waals surface area contributed by atoms with E-state index >= 15 is 0 Å². The molecule has 6 N–H and O–H groups in total. The summed E-state index contributed by atoms with van der Waals surface area (Å²) in [4.78, 5) is 27.3. The second-order valence-electron chi connectivity index (χ2n) is 12.2. The van der Waals surface area contributed by atoms with E-state index < -0.39 is 16.1 Å². The Labute approximate surface area is 280 Å². The molecule has 3 aromatic carbocycles. The number of carbonyl (C=O) groups is 2. The molecule has 2 saturated carbocycles. The first-order valence-electron chi connectivity index (χ1n) is 15.6. The summed E-state index contributed by atoms with van der Waals surface area (Å²) in [6, 6.07) is 20.7. The van der Waals surface area contributed by atoms with Gasteiger partial charge >= 0.3 is 0 Å². The van der Waals surface area contributed by atoms with Crippen molar-refractivity contribution in [3.8, 4) is 22.5 Å². The first-order valence-corrected chi connectivity index (χ1v) is 17.1. The maximum absolute atomic E-state index is 13.7. The Morgan fingerprint density at radius 1 is 0.894 bits per heavy atom. The third kappa shape index (κ3) is 8.80. The number of amides is 2. The van der Waals surface area contributed by atoms with Gasteiger partial charge in [-0.3, -0.25) is 9.59 Å². The van der Waals surface area contributed by atoms with Gasteiger partial charge in [-0.25, -0.2) is 18.2 Å². The molecule has 12 nitrogen and oxygen atoms in total. The average Bonchev–Trinajstić information content (AvgIpc) is 3.71. The van der Waals surface area contributed by atoms with Crippen LogP contribution in [-0.4, -0.2) is 59.5 Å². The molecule has 0 aliphatic heterocycles. The SMILES string of the molecule is Cl.NC[C@H]1CC[C@H](C(=O)N[C@@H](Cc2cccc(-c3cccc(S(=O)(=O)NC4CC4)c3)c2)C(=O)Nc2ccc(-c3nnn[nH]3)cc2)CC1. The predicted molar refractivity (Wildman–Crippen MR) is 181 cm³/mol. The van der Waals surface area contributed by atoms with Crippen LogP contribution >= 0.6 is 12.4 Å². The molecule has 0 saturated heterocycles. The van der Waals surface area contributed by atoms with Crippen LogP contribution in [0.2, 0.25) is 0 Å². The fourth-order valence-corrected chi connectivity index (χ4v) is 7.18. The minimum atomic E-state index is -3.61. The molecule has 0 bridgehead atoms. The number of aromatic nitrogens is 4. The van der Waals surface area contributed by atoms with Gasteiger partial charge in [0.1, 0.15) is 6.04 Å². The van der Waals surface area contributed by atoms with Crippen LogP contribution in [0, 0.1) is 11.8 Å². The Morgan fingerprint density at radius 2 is 1.60 bits per heavy atom. The summed E-state index contributed by atoms with van der Waals surface area (Å²) in [6.45, 7) is 0.618. The number of hydrogen-bond donors (Lipinski definition) is 5. The predicted octanol–water partition coefficient (Wildman–Crippen LogP) is 3.83. The minimum absolute atomic E-state index is 0. The van der Waals surface area contributed by atoms with Crippen LogP contribution in [0.1, 0.15) is 44.1 Å². The van der Waals surface area contributed by atoms with Crippen molar-refractivity contribution in [2.75, 3.05) is 11.9 Å². The zero-order valence-corrected chi connectivity index (χ0v) is 27.4. The molecule has 14 heteroatoms. The Hall–Kier alpha value is -4.17. The van der Waals surface area contributed by atoms with Crippen LogP contribution in [-0.2, 0) is 26.0 Å². The number of tetrazole rings is 1. The summed E-state index contributed by atoms with van der Waals surface area (Å²) >= 11 is 0. The molecule has 47 heavy (non-hydrogen) atoms. The smallest absolute Gasteiger partial charge is 0.247 e. The highest BCUT2D eigenvalue weighted by Gasteiger charge is 2.30. The standard InChI is InChI=1S/C33H38N8O4S.ClH/c34-20-21-7-9-24(10-8-21)32(42)36-30(33(43)35-27-13-11-23(12-14-27)31-37-40-41-38-31)18-22-3-1-4-25(17-22)26-5-2-6-29(19-26)46(44,45)39-28-15-16-28;/h1-6,11-14,17,19,21,24,28,30,39H,7-10,15-16,18,20,34H2,(H,35,43)(H,36,42)(H,37,38,40,41);1H/t21-,24-,30-;/m0./s1. The van der Waals surface area contributed by atoms with Crippen LogP contribution in [0.5, 0.6) is 0 Å². The van der Waals surface area contributed by atoms with E-state index in [1.807, 2.05) is 30.3 Å². The van der Waals surface area contributed by atoms with Crippen LogP contribution in [0.4, 0.5) is 5.69 Å². The lowest BCUT2D eigenvalue weighted by atomic mass is 9.81. The van der Waals surface area contributed by atoms with E-state index in [2.05, 4.69) is 36.0 Å². The molecule has 6 rings (SSSR count). The summed E-state index contributed by atoms with van der Waals surface area (Å²) in [7, 11) is -3.61. The quantitative estimate of drug-likeness (QED) is 0.150. The summed E-state index contributed by atoms with van der Waals surface area (Å²) in [5, 5.41) is 19.8. The molecular formula is C33H39ClN8O4S. The van der Waals surface area contributed by atoms with Gasteiger partial charge in [0.2, 0.25) is 21.8 Å². The molecule has 4 aromatic rings. The first kappa shape index (κ1) is 34.2. The van der Waals surface area contributed by atoms with Crippen LogP contribution in [0.15, 0.2) is 77.7 Å². The van der Waals surface area contributed by atoms with Crippen molar-refractivity contribution in [2.45, 2.75) is 61.9 Å². The number of hydrogen-bond acceptors (Lipinski definition) is 8. The van der Waals surface area contributed by atoms with Crippen molar-refractivity contribution >= 4 is 39.9 Å². The summed E-state index contributed by atoms with van der Waals surface area (Å²) in [6.07, 6.45) is 5.22. The average molecular weight is 679 g/mol. The van der Waals surface area contributed by atoms with E-state index in [1.54, 1.807) is 42.5 Å². The molecule has 2 fully saturated rings. The number of benzene rings is 3. The third-order valence-corrected chi connectivity index (χ3v) is 10.2. The Kier molecular flexibility index (Phi) is 11.0. The highest BCUT2D eigenvalue weighted by atomic mass is 35.5. The Morgan fingerprint density at radius 3 is 2.26 bits per heavy atom. The number of nitrogens with one attached hydrogen (secondary N) is 4. The lowest BCUT2D eigenvalue weighted by Crippen LogP contribution is -2.48. The van der Waals surface area contributed by atoms with Crippen LogP contribution < -0.4 is 21.1 Å². The van der Waals surface area contributed by atoms with Crippen molar-refractivity contribution in [2.24, 2.45) is 17.6 Å². The van der Waals surface area contributed by atoms with Gasteiger partial charge in [0.15, 0.2) is 5.82 Å². The van der Waals surface area contributed by atoms with E-state index in [0.29, 0.717) is 24.0 Å². The molecule has 2 amide bonds.